The van der Waals surface area contributed by atoms with Crippen LogP contribution in [0, 0.1) is 0 Å². The summed E-state index contributed by atoms with van der Waals surface area (Å²) in [6, 6.07) is 20.3. The van der Waals surface area contributed by atoms with E-state index in [0.29, 0.717) is 23.6 Å². The largest absolute Gasteiger partial charge is 0.423 e. The first kappa shape index (κ1) is 23.7. The highest BCUT2D eigenvalue weighted by Crippen LogP contribution is 2.34. The molecule has 1 heterocycles. The van der Waals surface area contributed by atoms with Gasteiger partial charge < -0.3 is 4.42 Å². The minimum absolute atomic E-state index is 0.101. The highest BCUT2D eigenvalue weighted by Gasteiger charge is 2.33. The van der Waals surface area contributed by atoms with E-state index in [-0.39, 0.29) is 28.8 Å². The van der Waals surface area contributed by atoms with Gasteiger partial charge >= 0.3 is 11.8 Å². The van der Waals surface area contributed by atoms with Crippen LogP contribution in [0.5, 0.6) is 0 Å². The lowest BCUT2D eigenvalue weighted by Gasteiger charge is -2.11. The number of alkyl halides is 3. The average Bonchev–Trinajstić information content (AvgIpc) is 2.79. The summed E-state index contributed by atoms with van der Waals surface area (Å²) in [5.74, 6) is 0. The Bertz CT molecular complexity index is 1460. The highest BCUT2D eigenvalue weighted by atomic mass is 32.2. The van der Waals surface area contributed by atoms with Crippen molar-refractivity contribution in [1.82, 2.24) is 4.72 Å². The first-order valence-electron chi connectivity index (χ1n) is 10.4. The van der Waals surface area contributed by atoms with Gasteiger partial charge in [0, 0.05) is 18.0 Å². The fraction of sp³-hybridized carbons (Fsp3) is 0.160. The summed E-state index contributed by atoms with van der Waals surface area (Å²) in [7, 11) is -3.69. The van der Waals surface area contributed by atoms with Crippen molar-refractivity contribution in [2.24, 2.45) is 0 Å². The standard InChI is InChI=1S/C25H20F3NO4S/c26-25(27,28)22-16-24(30)33-23-11-8-19(15-21(22)23)14-18-6-9-20(10-7-18)34(31,32)29-13-12-17-4-2-1-3-5-17/h1-11,15-16,29H,12-14H2. The average molecular weight is 487 g/mol. The van der Waals surface area contributed by atoms with Crippen LogP contribution in [0.25, 0.3) is 11.0 Å². The van der Waals surface area contributed by atoms with Crippen LogP contribution in [-0.4, -0.2) is 15.0 Å². The molecule has 0 aliphatic rings. The lowest BCUT2D eigenvalue weighted by Crippen LogP contribution is -2.26. The zero-order chi connectivity index (χ0) is 24.3. The summed E-state index contributed by atoms with van der Waals surface area (Å²) in [5, 5.41) is -0.202. The number of nitrogens with one attached hydrogen (secondary N) is 1. The monoisotopic (exact) mass is 487 g/mol. The molecule has 9 heteroatoms. The first-order valence-corrected chi connectivity index (χ1v) is 11.9. The van der Waals surface area contributed by atoms with Crippen LogP contribution in [0.15, 0.2) is 93.0 Å². The topological polar surface area (TPSA) is 76.4 Å². The van der Waals surface area contributed by atoms with Crippen molar-refractivity contribution in [3.8, 4) is 0 Å². The van der Waals surface area contributed by atoms with Crippen LogP contribution < -0.4 is 10.3 Å². The molecular weight excluding hydrogens is 467 g/mol. The zero-order valence-electron chi connectivity index (χ0n) is 17.8. The van der Waals surface area contributed by atoms with E-state index in [1.54, 1.807) is 18.2 Å². The fourth-order valence-corrected chi connectivity index (χ4v) is 4.67. The van der Waals surface area contributed by atoms with Gasteiger partial charge in [0.25, 0.3) is 0 Å². The minimum Gasteiger partial charge on any atom is -0.423 e. The number of halogens is 3. The van der Waals surface area contributed by atoms with Crippen LogP contribution in [0.4, 0.5) is 13.2 Å². The van der Waals surface area contributed by atoms with Crippen LogP contribution in [0.1, 0.15) is 22.3 Å². The Kier molecular flexibility index (Phi) is 6.58. The van der Waals surface area contributed by atoms with Gasteiger partial charge in [0.2, 0.25) is 10.0 Å². The lowest BCUT2D eigenvalue weighted by atomic mass is 10.0. The molecule has 5 nitrogen and oxygen atoms in total. The Balaban J connectivity index is 1.49. The van der Waals surface area contributed by atoms with Crippen LogP contribution in [0.2, 0.25) is 0 Å². The summed E-state index contributed by atoms with van der Waals surface area (Å²) in [6.45, 7) is 0.253. The smallest absolute Gasteiger partial charge is 0.417 e. The van der Waals surface area contributed by atoms with Crippen molar-refractivity contribution in [3.05, 3.63) is 112 Å². The molecule has 0 fully saturated rings. The van der Waals surface area contributed by atoms with E-state index >= 15 is 0 Å². The van der Waals surface area contributed by atoms with E-state index in [2.05, 4.69) is 4.72 Å². The number of benzene rings is 3. The third-order valence-corrected chi connectivity index (χ3v) is 6.78. The summed E-state index contributed by atoms with van der Waals surface area (Å²) in [5.41, 5.74) is 0.0258. The van der Waals surface area contributed by atoms with E-state index < -0.39 is 27.4 Å². The molecule has 4 aromatic rings. The molecular formula is C25H20F3NO4S. The third-order valence-electron chi connectivity index (χ3n) is 5.30. The molecule has 1 N–H and O–H groups in total. The van der Waals surface area contributed by atoms with Gasteiger partial charge in [0.05, 0.1) is 10.5 Å². The van der Waals surface area contributed by atoms with Crippen molar-refractivity contribution in [3.63, 3.8) is 0 Å². The Hall–Kier alpha value is -3.43. The predicted octanol–water partition coefficient (Wildman–Crippen LogP) is 4.92. The molecule has 176 valence electrons. The summed E-state index contributed by atoms with van der Waals surface area (Å²) < 4.78 is 72.6. The second kappa shape index (κ2) is 9.44. The maximum absolute atomic E-state index is 13.4. The number of hydrogen-bond donors (Lipinski definition) is 1. The molecule has 0 radical (unpaired) electrons. The Morgan fingerprint density at radius 2 is 1.50 bits per heavy atom. The number of sulfonamides is 1. The van der Waals surface area contributed by atoms with Crippen LogP contribution >= 0.6 is 0 Å². The van der Waals surface area contributed by atoms with E-state index in [0.717, 1.165) is 5.56 Å². The Morgan fingerprint density at radius 1 is 0.824 bits per heavy atom. The Labute approximate surface area is 193 Å². The van der Waals surface area contributed by atoms with Crippen molar-refractivity contribution in [1.29, 1.82) is 0 Å². The normalized spacial score (nSPS) is 12.2. The summed E-state index contributed by atoms with van der Waals surface area (Å²) >= 11 is 0. The molecule has 0 saturated heterocycles. The molecule has 0 aliphatic heterocycles. The number of fused-ring (bicyclic) bond motifs is 1. The SMILES string of the molecule is O=c1cc(C(F)(F)F)c2cc(Cc3ccc(S(=O)(=O)NCCc4ccccc4)cc3)ccc2o1. The zero-order valence-corrected chi connectivity index (χ0v) is 18.6. The second-order valence-electron chi connectivity index (χ2n) is 7.76. The van der Waals surface area contributed by atoms with Crippen molar-refractivity contribution >= 4 is 21.0 Å². The van der Waals surface area contributed by atoms with Crippen LogP contribution in [0.3, 0.4) is 0 Å². The molecule has 0 spiro atoms. The van der Waals surface area contributed by atoms with E-state index in [4.69, 9.17) is 4.42 Å². The molecule has 0 amide bonds. The fourth-order valence-electron chi connectivity index (χ4n) is 3.63. The quantitative estimate of drug-likeness (QED) is 0.376. The Morgan fingerprint density at radius 3 is 2.18 bits per heavy atom. The van der Waals surface area contributed by atoms with E-state index in [9.17, 15) is 26.4 Å². The number of hydrogen-bond acceptors (Lipinski definition) is 4. The van der Waals surface area contributed by atoms with Gasteiger partial charge in [-0.1, -0.05) is 48.5 Å². The second-order valence-corrected chi connectivity index (χ2v) is 9.53. The molecule has 0 bridgehead atoms. The van der Waals surface area contributed by atoms with Crippen molar-refractivity contribution < 1.29 is 26.0 Å². The van der Waals surface area contributed by atoms with Gasteiger partial charge in [-0.3, -0.25) is 0 Å². The molecule has 0 atom stereocenters. The predicted molar refractivity (Wildman–Crippen MR) is 122 cm³/mol. The maximum atomic E-state index is 13.4. The summed E-state index contributed by atoms with van der Waals surface area (Å²) in [6.07, 6.45) is -3.87. The van der Waals surface area contributed by atoms with Gasteiger partial charge in [0.15, 0.2) is 0 Å². The van der Waals surface area contributed by atoms with Gasteiger partial charge in [-0.15, -0.1) is 0 Å². The summed E-state index contributed by atoms with van der Waals surface area (Å²) in [4.78, 5) is 11.6. The maximum Gasteiger partial charge on any atom is 0.417 e. The lowest BCUT2D eigenvalue weighted by molar-refractivity contribution is -0.136. The van der Waals surface area contributed by atoms with Gasteiger partial charge in [0.1, 0.15) is 5.58 Å². The molecule has 34 heavy (non-hydrogen) atoms. The number of rotatable bonds is 7. The first-order chi connectivity index (χ1) is 16.1. The highest BCUT2D eigenvalue weighted by molar-refractivity contribution is 7.89. The molecule has 0 saturated carbocycles. The molecule has 3 aromatic carbocycles. The van der Waals surface area contributed by atoms with Gasteiger partial charge in [-0.25, -0.2) is 17.9 Å². The van der Waals surface area contributed by atoms with Crippen LogP contribution in [-0.2, 0) is 29.0 Å². The van der Waals surface area contributed by atoms with Gasteiger partial charge in [-0.05, 0) is 53.8 Å². The van der Waals surface area contributed by atoms with Crippen molar-refractivity contribution in [2.75, 3.05) is 6.54 Å². The molecule has 0 unspecified atom stereocenters. The third kappa shape index (κ3) is 5.55. The minimum atomic E-state index is -4.70. The van der Waals surface area contributed by atoms with Gasteiger partial charge in [-0.2, -0.15) is 13.2 Å². The van der Waals surface area contributed by atoms with Crippen molar-refractivity contribution in [2.45, 2.75) is 23.9 Å². The molecule has 4 rings (SSSR count). The van der Waals surface area contributed by atoms with E-state index in [1.807, 2.05) is 30.3 Å². The molecule has 1 aromatic heterocycles. The molecule has 0 aliphatic carbocycles. The van der Waals surface area contributed by atoms with E-state index in [1.165, 1.54) is 24.3 Å².